The van der Waals surface area contributed by atoms with Crippen LogP contribution in [0.2, 0.25) is 10.0 Å². The normalized spacial score (nSPS) is 11.8. The third kappa shape index (κ3) is 7.87. The zero-order valence-electron chi connectivity index (χ0n) is 23.6. The van der Waals surface area contributed by atoms with Gasteiger partial charge in [0.15, 0.2) is 0 Å². The minimum absolute atomic E-state index is 0.00468. The number of methoxy groups -OCH3 is 1. The number of ether oxygens (including phenoxy) is 1. The molecule has 0 aliphatic rings. The summed E-state index contributed by atoms with van der Waals surface area (Å²) < 4.78 is 34.3. The van der Waals surface area contributed by atoms with Crippen LogP contribution in [0.3, 0.4) is 0 Å². The van der Waals surface area contributed by atoms with Gasteiger partial charge >= 0.3 is 0 Å². The number of anilines is 1. The molecule has 0 aromatic heterocycles. The lowest BCUT2D eigenvalue weighted by atomic mass is 10.0. The number of benzene rings is 4. The summed E-state index contributed by atoms with van der Waals surface area (Å²) in [4.78, 5) is 29.0. The van der Waals surface area contributed by atoms with Crippen LogP contribution in [0.4, 0.5) is 5.69 Å². The van der Waals surface area contributed by atoms with Crippen molar-refractivity contribution >= 4 is 50.7 Å². The van der Waals surface area contributed by atoms with E-state index in [0.29, 0.717) is 21.4 Å². The molecule has 0 saturated heterocycles. The molecule has 0 aliphatic carbocycles. The van der Waals surface area contributed by atoms with E-state index in [4.69, 9.17) is 27.9 Å². The first-order chi connectivity index (χ1) is 20.6. The molecule has 11 heteroatoms. The minimum atomic E-state index is -4.22. The summed E-state index contributed by atoms with van der Waals surface area (Å²) in [6.45, 7) is -0.672. The molecule has 0 saturated carbocycles. The van der Waals surface area contributed by atoms with Crippen molar-refractivity contribution in [1.29, 1.82) is 0 Å². The molecule has 8 nitrogen and oxygen atoms in total. The lowest BCUT2D eigenvalue weighted by molar-refractivity contribution is -0.139. The highest BCUT2D eigenvalue weighted by Crippen LogP contribution is 2.29. The topological polar surface area (TPSA) is 96.0 Å². The van der Waals surface area contributed by atoms with Gasteiger partial charge in [-0.1, -0.05) is 83.9 Å². The van der Waals surface area contributed by atoms with E-state index in [2.05, 4.69) is 5.32 Å². The van der Waals surface area contributed by atoms with Crippen LogP contribution < -0.4 is 14.4 Å². The number of rotatable bonds is 12. The Kier molecular flexibility index (Phi) is 10.7. The van der Waals surface area contributed by atoms with Crippen LogP contribution in [0, 0.1) is 0 Å². The Balaban J connectivity index is 1.81. The van der Waals surface area contributed by atoms with Gasteiger partial charge in [0, 0.05) is 36.1 Å². The van der Waals surface area contributed by atoms with Crippen molar-refractivity contribution in [2.75, 3.05) is 25.0 Å². The van der Waals surface area contributed by atoms with E-state index in [1.807, 2.05) is 30.3 Å². The first-order valence-corrected chi connectivity index (χ1v) is 15.5. The Morgan fingerprint density at radius 2 is 1.56 bits per heavy atom. The summed E-state index contributed by atoms with van der Waals surface area (Å²) >= 11 is 12.6. The van der Waals surface area contributed by atoms with Crippen molar-refractivity contribution in [3.63, 3.8) is 0 Å². The van der Waals surface area contributed by atoms with E-state index in [1.54, 1.807) is 54.6 Å². The van der Waals surface area contributed by atoms with Crippen LogP contribution in [-0.2, 0) is 32.6 Å². The van der Waals surface area contributed by atoms with Gasteiger partial charge in [-0.2, -0.15) is 0 Å². The van der Waals surface area contributed by atoms with Gasteiger partial charge < -0.3 is 15.0 Å². The van der Waals surface area contributed by atoms with Crippen LogP contribution >= 0.6 is 23.2 Å². The predicted molar refractivity (Wildman–Crippen MR) is 169 cm³/mol. The van der Waals surface area contributed by atoms with E-state index in [0.717, 1.165) is 9.87 Å². The van der Waals surface area contributed by atoms with Gasteiger partial charge in [0.2, 0.25) is 11.8 Å². The van der Waals surface area contributed by atoms with Gasteiger partial charge in [-0.05, 0) is 47.5 Å². The van der Waals surface area contributed by atoms with E-state index < -0.39 is 34.4 Å². The van der Waals surface area contributed by atoms with Crippen LogP contribution in [-0.4, -0.2) is 51.9 Å². The highest BCUT2D eigenvalue weighted by molar-refractivity contribution is 7.92. The first kappa shape index (κ1) is 31.9. The molecule has 4 aromatic carbocycles. The third-order valence-corrected chi connectivity index (χ3v) is 9.20. The molecule has 0 aliphatic heterocycles. The Bertz CT molecular complexity index is 1670. The maximum Gasteiger partial charge on any atom is 0.264 e. The summed E-state index contributed by atoms with van der Waals surface area (Å²) in [6, 6.07) is 27.4. The summed E-state index contributed by atoms with van der Waals surface area (Å²) in [5, 5.41) is 3.37. The Morgan fingerprint density at radius 1 is 0.884 bits per heavy atom. The number of carbonyl (C=O) groups excluding carboxylic acids is 2. The fourth-order valence-electron chi connectivity index (χ4n) is 4.57. The monoisotopic (exact) mass is 639 g/mol. The second-order valence-electron chi connectivity index (χ2n) is 9.60. The minimum Gasteiger partial charge on any atom is -0.497 e. The molecule has 4 rings (SSSR count). The summed E-state index contributed by atoms with van der Waals surface area (Å²) in [7, 11) is -1.26. The molecule has 0 fully saturated rings. The zero-order valence-corrected chi connectivity index (χ0v) is 25.9. The standard InChI is InChI=1S/C32H31Cl2N3O5S/c1-35-32(39)30(18-23-10-5-3-6-11-23)36(21-24-16-17-25(33)19-29(24)34)31(38)22-37(26-12-9-13-27(20-26)42-2)43(40,41)28-14-7-4-8-15-28/h3-17,19-20,30H,18,21-22H2,1-2H3,(H,35,39)/t30-/m1/s1. The van der Waals surface area contributed by atoms with E-state index in [1.165, 1.54) is 37.3 Å². The number of halogens is 2. The van der Waals surface area contributed by atoms with Gasteiger partial charge in [0.25, 0.3) is 10.0 Å². The molecule has 0 heterocycles. The highest BCUT2D eigenvalue weighted by atomic mass is 35.5. The second kappa shape index (κ2) is 14.4. The van der Waals surface area contributed by atoms with Crippen molar-refractivity contribution in [2.24, 2.45) is 0 Å². The number of likely N-dealkylation sites (N-methyl/N-ethyl adjacent to an activating group) is 1. The molecule has 0 spiro atoms. The Hall–Kier alpha value is -4.05. The van der Waals surface area contributed by atoms with Gasteiger partial charge in [0.1, 0.15) is 18.3 Å². The molecule has 0 unspecified atom stereocenters. The van der Waals surface area contributed by atoms with Crippen molar-refractivity contribution in [2.45, 2.75) is 23.9 Å². The van der Waals surface area contributed by atoms with Crippen molar-refractivity contribution in [3.05, 3.63) is 124 Å². The average molecular weight is 641 g/mol. The number of amides is 2. The molecule has 2 amide bonds. The fraction of sp³-hybridized carbons (Fsp3) is 0.188. The number of hydrogen-bond donors (Lipinski definition) is 1. The number of sulfonamides is 1. The summed E-state index contributed by atoms with van der Waals surface area (Å²) in [6.07, 6.45) is 0.183. The van der Waals surface area contributed by atoms with Gasteiger partial charge in [-0.25, -0.2) is 8.42 Å². The molecule has 1 atom stereocenters. The highest BCUT2D eigenvalue weighted by Gasteiger charge is 2.34. The fourth-order valence-corrected chi connectivity index (χ4v) is 6.46. The van der Waals surface area contributed by atoms with Gasteiger partial charge in [-0.15, -0.1) is 0 Å². The first-order valence-electron chi connectivity index (χ1n) is 13.3. The smallest absolute Gasteiger partial charge is 0.264 e. The molecule has 0 radical (unpaired) electrons. The van der Waals surface area contributed by atoms with E-state index >= 15 is 0 Å². The van der Waals surface area contributed by atoms with Crippen LogP contribution in [0.15, 0.2) is 108 Å². The van der Waals surface area contributed by atoms with Crippen molar-refractivity contribution in [3.8, 4) is 5.75 Å². The summed E-state index contributed by atoms with van der Waals surface area (Å²) in [5.41, 5.74) is 1.58. The maximum absolute atomic E-state index is 14.3. The lowest BCUT2D eigenvalue weighted by Gasteiger charge is -2.33. The van der Waals surface area contributed by atoms with E-state index in [9.17, 15) is 18.0 Å². The van der Waals surface area contributed by atoms with Crippen LogP contribution in [0.25, 0.3) is 0 Å². The van der Waals surface area contributed by atoms with Crippen LogP contribution in [0.5, 0.6) is 5.75 Å². The number of nitrogens with zero attached hydrogens (tertiary/aromatic N) is 2. The Labute approximate surface area is 261 Å². The number of nitrogens with one attached hydrogen (secondary N) is 1. The van der Waals surface area contributed by atoms with E-state index in [-0.39, 0.29) is 23.5 Å². The Morgan fingerprint density at radius 3 is 2.19 bits per heavy atom. The molecule has 43 heavy (non-hydrogen) atoms. The zero-order chi connectivity index (χ0) is 31.0. The average Bonchev–Trinajstić information content (AvgIpc) is 3.02. The summed E-state index contributed by atoms with van der Waals surface area (Å²) in [5.74, 6) is -0.616. The number of hydrogen-bond acceptors (Lipinski definition) is 5. The molecule has 1 N–H and O–H groups in total. The van der Waals surface area contributed by atoms with Crippen molar-refractivity contribution < 1.29 is 22.7 Å². The second-order valence-corrected chi connectivity index (χ2v) is 12.3. The maximum atomic E-state index is 14.3. The SMILES string of the molecule is CNC(=O)[C@@H](Cc1ccccc1)N(Cc1ccc(Cl)cc1Cl)C(=O)CN(c1cccc(OC)c1)S(=O)(=O)c1ccccc1. The predicted octanol–water partition coefficient (Wildman–Crippen LogP) is 5.58. The van der Waals surface area contributed by atoms with Crippen LogP contribution in [0.1, 0.15) is 11.1 Å². The van der Waals surface area contributed by atoms with Crippen molar-refractivity contribution in [1.82, 2.24) is 10.2 Å². The molecular weight excluding hydrogens is 609 g/mol. The molecule has 224 valence electrons. The quantitative estimate of drug-likeness (QED) is 0.218. The largest absolute Gasteiger partial charge is 0.497 e. The third-order valence-electron chi connectivity index (χ3n) is 6.82. The van der Waals surface area contributed by atoms with Gasteiger partial charge in [0.05, 0.1) is 17.7 Å². The number of carbonyl (C=O) groups is 2. The molecular formula is C32H31Cl2N3O5S. The molecule has 4 aromatic rings. The van der Waals surface area contributed by atoms with Gasteiger partial charge in [-0.3, -0.25) is 13.9 Å². The lowest BCUT2D eigenvalue weighted by Crippen LogP contribution is -2.53. The molecule has 0 bridgehead atoms.